The zero-order valence-corrected chi connectivity index (χ0v) is 13.8. The molecule has 1 atom stereocenters. The molecule has 22 heavy (non-hydrogen) atoms. The number of ether oxygens (including phenoxy) is 1. The van der Waals surface area contributed by atoms with Crippen molar-refractivity contribution in [3.63, 3.8) is 0 Å². The van der Waals surface area contributed by atoms with E-state index in [9.17, 15) is 0 Å². The van der Waals surface area contributed by atoms with Gasteiger partial charge in [0, 0.05) is 17.1 Å². The Hall–Kier alpha value is -1.98. The predicted octanol–water partition coefficient (Wildman–Crippen LogP) is 3.82. The van der Waals surface area contributed by atoms with Crippen molar-refractivity contribution in [1.29, 1.82) is 0 Å². The smallest absolute Gasteiger partial charge is 0.129 e. The van der Waals surface area contributed by atoms with E-state index in [0.717, 1.165) is 15.7 Å². The third-order valence-corrected chi connectivity index (χ3v) is 4.16. The molecule has 0 radical (unpaired) electrons. The quantitative estimate of drug-likeness (QED) is 0.696. The minimum Gasteiger partial charge on any atom is -0.370 e. The van der Waals surface area contributed by atoms with E-state index in [1.807, 2.05) is 53.3 Å². The average molecular weight is 358 g/mol. The summed E-state index contributed by atoms with van der Waals surface area (Å²) in [6.45, 7) is 0.695. The van der Waals surface area contributed by atoms with Gasteiger partial charge in [0.15, 0.2) is 0 Å². The van der Waals surface area contributed by atoms with E-state index in [4.69, 9.17) is 4.74 Å². The lowest BCUT2D eigenvalue weighted by atomic mass is 10.1. The Bertz CT molecular complexity index is 742. The van der Waals surface area contributed by atoms with Crippen molar-refractivity contribution < 1.29 is 4.74 Å². The van der Waals surface area contributed by atoms with Gasteiger partial charge in [0.05, 0.1) is 12.7 Å². The molecule has 1 aromatic heterocycles. The second kappa shape index (κ2) is 6.85. The van der Waals surface area contributed by atoms with Crippen LogP contribution in [-0.4, -0.2) is 22.1 Å². The van der Waals surface area contributed by atoms with Gasteiger partial charge in [0.1, 0.15) is 11.8 Å². The zero-order chi connectivity index (χ0) is 15.4. The van der Waals surface area contributed by atoms with Gasteiger partial charge >= 0.3 is 0 Å². The maximum Gasteiger partial charge on any atom is 0.129 e. The third-order valence-electron chi connectivity index (χ3n) is 3.44. The van der Waals surface area contributed by atoms with Crippen LogP contribution in [0, 0.1) is 0 Å². The lowest BCUT2D eigenvalue weighted by molar-refractivity contribution is 0.132. The summed E-state index contributed by atoms with van der Waals surface area (Å²) in [7, 11) is 1.68. The molecule has 3 aromatic rings. The molecule has 0 fully saturated rings. The van der Waals surface area contributed by atoms with E-state index < -0.39 is 0 Å². The second-order valence-corrected chi connectivity index (χ2v) is 5.82. The predicted molar refractivity (Wildman–Crippen MR) is 88.6 cm³/mol. The fourth-order valence-electron chi connectivity index (χ4n) is 2.38. The molecular formula is C17H16BrN3O. The van der Waals surface area contributed by atoms with E-state index >= 15 is 0 Å². The third kappa shape index (κ3) is 3.26. The minimum absolute atomic E-state index is 0.236. The van der Waals surface area contributed by atoms with Gasteiger partial charge in [-0.2, -0.15) is 0 Å². The number of hydrogen-bond acceptors (Lipinski definition) is 3. The molecule has 0 saturated carbocycles. The largest absolute Gasteiger partial charge is 0.370 e. The Kier molecular flexibility index (Phi) is 4.65. The zero-order valence-electron chi connectivity index (χ0n) is 12.2. The van der Waals surface area contributed by atoms with Crippen molar-refractivity contribution in [2.75, 3.05) is 7.11 Å². The van der Waals surface area contributed by atoms with Crippen molar-refractivity contribution in [2.45, 2.75) is 12.6 Å². The van der Waals surface area contributed by atoms with E-state index in [2.05, 4.69) is 38.4 Å². The number of methoxy groups -OCH3 is 1. The van der Waals surface area contributed by atoms with Crippen LogP contribution < -0.4 is 0 Å². The van der Waals surface area contributed by atoms with Crippen LogP contribution in [0.2, 0.25) is 0 Å². The van der Waals surface area contributed by atoms with Gasteiger partial charge in [-0.3, -0.25) is 0 Å². The number of nitrogens with zero attached hydrogens (tertiary/aromatic N) is 3. The molecule has 0 unspecified atom stereocenters. The highest BCUT2D eigenvalue weighted by Gasteiger charge is 2.19. The molecule has 0 N–H and O–H groups in total. The summed E-state index contributed by atoms with van der Waals surface area (Å²) in [5.74, 6) is 0. The van der Waals surface area contributed by atoms with Gasteiger partial charge in [-0.25, -0.2) is 4.68 Å². The molecule has 5 heteroatoms. The highest BCUT2D eigenvalue weighted by molar-refractivity contribution is 9.10. The van der Waals surface area contributed by atoms with Crippen molar-refractivity contribution in [3.8, 4) is 0 Å². The number of aromatic nitrogens is 3. The fraction of sp³-hybridized carbons (Fsp3) is 0.176. The monoisotopic (exact) mass is 357 g/mol. The Labute approximate surface area is 137 Å². The van der Waals surface area contributed by atoms with Crippen LogP contribution in [-0.2, 0) is 11.3 Å². The van der Waals surface area contributed by atoms with E-state index in [-0.39, 0.29) is 6.10 Å². The van der Waals surface area contributed by atoms with Crippen molar-refractivity contribution >= 4 is 15.9 Å². The minimum atomic E-state index is -0.236. The molecule has 2 aromatic carbocycles. The molecule has 0 aliphatic carbocycles. The van der Waals surface area contributed by atoms with Crippen LogP contribution in [0.15, 0.2) is 65.3 Å². The molecule has 0 aliphatic heterocycles. The first kappa shape index (κ1) is 14.9. The van der Waals surface area contributed by atoms with Crippen LogP contribution >= 0.6 is 15.9 Å². The molecule has 3 rings (SSSR count). The van der Waals surface area contributed by atoms with Crippen LogP contribution in [0.1, 0.15) is 22.9 Å². The van der Waals surface area contributed by atoms with E-state index in [1.54, 1.807) is 7.11 Å². The van der Waals surface area contributed by atoms with E-state index in [1.165, 1.54) is 5.56 Å². The molecule has 0 aliphatic rings. The summed E-state index contributed by atoms with van der Waals surface area (Å²) < 4.78 is 8.45. The first-order valence-electron chi connectivity index (χ1n) is 6.99. The molecule has 0 bridgehead atoms. The van der Waals surface area contributed by atoms with Crippen molar-refractivity contribution in [3.05, 3.63) is 82.1 Å². The number of hydrogen-bond donors (Lipinski definition) is 0. The molecule has 0 saturated heterocycles. The molecular weight excluding hydrogens is 342 g/mol. The summed E-state index contributed by atoms with van der Waals surface area (Å²) in [4.78, 5) is 0. The molecule has 0 spiro atoms. The van der Waals surface area contributed by atoms with Crippen LogP contribution in [0.5, 0.6) is 0 Å². The summed E-state index contributed by atoms with van der Waals surface area (Å²) in [6, 6.07) is 18.2. The highest BCUT2D eigenvalue weighted by Crippen LogP contribution is 2.29. The first-order chi connectivity index (χ1) is 10.8. The summed E-state index contributed by atoms with van der Waals surface area (Å²) in [5, 5.41) is 8.48. The van der Waals surface area contributed by atoms with Crippen LogP contribution in [0.3, 0.4) is 0 Å². The van der Waals surface area contributed by atoms with Gasteiger partial charge in [0.2, 0.25) is 0 Å². The summed E-state index contributed by atoms with van der Waals surface area (Å²) >= 11 is 3.56. The maximum atomic E-state index is 5.62. The Balaban J connectivity index is 1.84. The maximum absolute atomic E-state index is 5.62. The van der Waals surface area contributed by atoms with Gasteiger partial charge < -0.3 is 4.74 Å². The number of rotatable bonds is 5. The highest BCUT2D eigenvalue weighted by atomic mass is 79.9. The lowest BCUT2D eigenvalue weighted by Gasteiger charge is -2.14. The van der Waals surface area contributed by atoms with Crippen LogP contribution in [0.25, 0.3) is 0 Å². The number of benzene rings is 2. The SMILES string of the molecule is CO[C@H](c1cn(Cc2ccccc2)nn1)c1ccccc1Br. The lowest BCUT2D eigenvalue weighted by Crippen LogP contribution is -2.05. The van der Waals surface area contributed by atoms with Gasteiger partial charge in [-0.1, -0.05) is 69.7 Å². The van der Waals surface area contributed by atoms with Crippen molar-refractivity contribution in [1.82, 2.24) is 15.0 Å². The fourth-order valence-corrected chi connectivity index (χ4v) is 2.87. The Morgan fingerprint density at radius 2 is 1.82 bits per heavy atom. The normalized spacial score (nSPS) is 12.3. The van der Waals surface area contributed by atoms with Gasteiger partial charge in [-0.15, -0.1) is 5.10 Å². The Morgan fingerprint density at radius 1 is 1.09 bits per heavy atom. The van der Waals surface area contributed by atoms with Crippen LogP contribution in [0.4, 0.5) is 0 Å². The summed E-state index contributed by atoms with van der Waals surface area (Å²) in [5.41, 5.74) is 3.02. The first-order valence-corrected chi connectivity index (χ1v) is 7.78. The average Bonchev–Trinajstić information content (AvgIpc) is 2.99. The molecule has 1 heterocycles. The van der Waals surface area contributed by atoms with E-state index in [0.29, 0.717) is 6.54 Å². The topological polar surface area (TPSA) is 39.9 Å². The number of halogens is 1. The standard InChI is InChI=1S/C17H16BrN3O/c1-22-17(14-9-5-6-10-15(14)18)16-12-21(20-19-16)11-13-7-3-2-4-8-13/h2-10,12,17H,11H2,1H3/t17-/m0/s1. The molecule has 112 valence electrons. The van der Waals surface area contributed by atoms with Crippen molar-refractivity contribution in [2.24, 2.45) is 0 Å². The summed E-state index contributed by atoms with van der Waals surface area (Å²) in [6.07, 6.45) is 1.70. The second-order valence-electron chi connectivity index (χ2n) is 4.96. The van der Waals surface area contributed by atoms with Gasteiger partial charge in [-0.05, 0) is 11.6 Å². The van der Waals surface area contributed by atoms with Gasteiger partial charge in [0.25, 0.3) is 0 Å². The molecule has 0 amide bonds. The Morgan fingerprint density at radius 3 is 2.55 bits per heavy atom. The molecule has 4 nitrogen and oxygen atoms in total.